The van der Waals surface area contributed by atoms with Gasteiger partial charge in [0.15, 0.2) is 0 Å². The minimum absolute atomic E-state index is 0.203. The van der Waals surface area contributed by atoms with Crippen molar-refractivity contribution >= 4 is 5.97 Å². The molecular formula is C24H42O4. The van der Waals surface area contributed by atoms with Crippen LogP contribution in [0.5, 0.6) is 0 Å². The van der Waals surface area contributed by atoms with Crippen LogP contribution in [0.15, 0.2) is 11.6 Å². The molecule has 4 heteroatoms. The van der Waals surface area contributed by atoms with Crippen molar-refractivity contribution in [3.63, 3.8) is 0 Å². The van der Waals surface area contributed by atoms with E-state index < -0.39 is 22.7 Å². The number of hydrogen-bond donors (Lipinski definition) is 2. The fourth-order valence-electron chi connectivity index (χ4n) is 5.70. The average Bonchev–Trinajstić information content (AvgIpc) is 2.40. The minimum Gasteiger partial charge on any atom is -0.458 e. The van der Waals surface area contributed by atoms with Crippen molar-refractivity contribution in [2.45, 2.75) is 111 Å². The molecule has 0 saturated heterocycles. The van der Waals surface area contributed by atoms with Crippen LogP contribution in [0.25, 0.3) is 0 Å². The zero-order valence-electron chi connectivity index (χ0n) is 19.3. The summed E-state index contributed by atoms with van der Waals surface area (Å²) < 4.78 is 6.39. The molecular weight excluding hydrogens is 352 g/mol. The number of aliphatic hydroxyl groups excluding tert-OH is 1. The Morgan fingerprint density at radius 3 is 2.14 bits per heavy atom. The molecule has 0 heterocycles. The van der Waals surface area contributed by atoms with Gasteiger partial charge < -0.3 is 14.9 Å². The van der Waals surface area contributed by atoms with Crippen molar-refractivity contribution in [3.05, 3.63) is 11.6 Å². The molecule has 2 saturated carbocycles. The fraction of sp³-hybridized carbons (Fsp3) is 0.875. The maximum Gasteiger partial charge on any atom is 0.316 e. The second kappa shape index (κ2) is 7.75. The second-order valence-electron chi connectivity index (χ2n) is 11.6. The van der Waals surface area contributed by atoms with Gasteiger partial charge in [0.1, 0.15) is 5.60 Å². The summed E-state index contributed by atoms with van der Waals surface area (Å²) in [5.41, 5.74) is -1.57. The molecule has 162 valence electrons. The van der Waals surface area contributed by atoms with Gasteiger partial charge in [-0.2, -0.15) is 0 Å². The number of hydrogen-bond acceptors (Lipinski definition) is 4. The molecule has 0 aliphatic heterocycles. The Bertz CT molecular complexity index is 615. The molecule has 0 aromatic heterocycles. The fourth-order valence-corrected chi connectivity index (χ4v) is 5.70. The van der Waals surface area contributed by atoms with Gasteiger partial charge in [-0.05, 0) is 63.7 Å². The zero-order chi connectivity index (χ0) is 21.5. The third-order valence-electron chi connectivity index (χ3n) is 6.98. The molecule has 2 bridgehead atoms. The van der Waals surface area contributed by atoms with Crippen LogP contribution in [0.3, 0.4) is 0 Å². The van der Waals surface area contributed by atoms with Crippen LogP contribution in [0, 0.1) is 22.7 Å². The summed E-state index contributed by atoms with van der Waals surface area (Å²) >= 11 is 0. The number of aliphatic hydroxyl groups is 2. The summed E-state index contributed by atoms with van der Waals surface area (Å²) in [6.45, 7) is 16.4. The van der Waals surface area contributed by atoms with Gasteiger partial charge in [-0.25, -0.2) is 0 Å². The average molecular weight is 395 g/mol. The van der Waals surface area contributed by atoms with Crippen molar-refractivity contribution in [1.29, 1.82) is 0 Å². The van der Waals surface area contributed by atoms with Gasteiger partial charge >= 0.3 is 5.97 Å². The van der Waals surface area contributed by atoms with Crippen LogP contribution in [0.4, 0.5) is 0 Å². The summed E-state index contributed by atoms with van der Waals surface area (Å²) in [5.74, 6) is 0.279. The number of carbonyl (C=O) groups is 1. The van der Waals surface area contributed by atoms with E-state index in [2.05, 4.69) is 34.6 Å². The number of fused-ring (bicyclic) bond motifs is 2. The Labute approximate surface area is 171 Å². The lowest BCUT2D eigenvalue weighted by molar-refractivity contribution is -0.201. The van der Waals surface area contributed by atoms with E-state index in [9.17, 15) is 15.0 Å². The quantitative estimate of drug-likeness (QED) is 0.521. The Kier molecular flexibility index (Phi) is 6.48. The van der Waals surface area contributed by atoms with Gasteiger partial charge in [0, 0.05) is 12.8 Å². The van der Waals surface area contributed by atoms with Crippen molar-refractivity contribution in [2.75, 3.05) is 0 Å². The van der Waals surface area contributed by atoms with Gasteiger partial charge in [-0.3, -0.25) is 4.79 Å². The molecule has 28 heavy (non-hydrogen) atoms. The highest BCUT2D eigenvalue weighted by molar-refractivity contribution is 5.80. The molecule has 6 unspecified atom stereocenters. The molecule has 2 fully saturated rings. The number of ether oxygens (including phenoxy) is 1. The monoisotopic (exact) mass is 394 g/mol. The van der Waals surface area contributed by atoms with Crippen LogP contribution in [-0.2, 0) is 9.53 Å². The lowest BCUT2D eigenvalue weighted by atomic mass is 9.63. The van der Waals surface area contributed by atoms with Crippen molar-refractivity contribution < 1.29 is 19.7 Å². The Balaban J connectivity index is 2.42. The predicted molar refractivity (Wildman–Crippen MR) is 113 cm³/mol. The highest BCUT2D eigenvalue weighted by Crippen LogP contribution is 2.50. The van der Waals surface area contributed by atoms with Gasteiger partial charge in [0.25, 0.3) is 0 Å². The van der Waals surface area contributed by atoms with Gasteiger partial charge in [0.2, 0.25) is 0 Å². The van der Waals surface area contributed by atoms with Gasteiger partial charge in [0.05, 0.1) is 17.1 Å². The molecule has 0 radical (unpaired) electrons. The maximum atomic E-state index is 13.6. The van der Waals surface area contributed by atoms with E-state index in [-0.39, 0.29) is 23.2 Å². The first kappa shape index (κ1) is 23.4. The van der Waals surface area contributed by atoms with Crippen LogP contribution >= 0.6 is 0 Å². The van der Waals surface area contributed by atoms with Crippen molar-refractivity contribution in [2.24, 2.45) is 22.7 Å². The normalized spacial score (nSPS) is 38.6. The standard InChI is InChI=1S/C24H42O4/c1-16(2)10-22(8,21(5,6)7)20(26)28-24-12-17(3)9-19(25)14-23(27,15-24)11-18(4)13-24/h10,17-19,25,27H,9,11-15H2,1-8H3. The Morgan fingerprint density at radius 2 is 1.61 bits per heavy atom. The van der Waals surface area contributed by atoms with Gasteiger partial charge in [-0.15, -0.1) is 0 Å². The zero-order valence-corrected chi connectivity index (χ0v) is 19.3. The maximum absolute atomic E-state index is 13.6. The first-order valence-corrected chi connectivity index (χ1v) is 10.9. The molecule has 2 aliphatic rings. The van der Waals surface area contributed by atoms with Crippen LogP contribution in [0.2, 0.25) is 0 Å². The minimum atomic E-state index is -0.966. The molecule has 0 spiro atoms. The number of carbonyl (C=O) groups excluding carboxylic acids is 1. The summed E-state index contributed by atoms with van der Waals surface area (Å²) in [7, 11) is 0. The van der Waals surface area contributed by atoms with Crippen LogP contribution in [0.1, 0.15) is 93.9 Å². The lowest BCUT2D eigenvalue weighted by Crippen LogP contribution is -2.56. The molecule has 0 aromatic rings. The summed E-state index contributed by atoms with van der Waals surface area (Å²) in [5, 5.41) is 21.6. The van der Waals surface area contributed by atoms with E-state index >= 15 is 0 Å². The Morgan fingerprint density at radius 1 is 1.04 bits per heavy atom. The van der Waals surface area contributed by atoms with E-state index in [1.807, 2.05) is 26.8 Å². The summed E-state index contributed by atoms with van der Waals surface area (Å²) in [6, 6.07) is 0. The molecule has 2 aliphatic carbocycles. The van der Waals surface area contributed by atoms with E-state index in [1.54, 1.807) is 0 Å². The van der Waals surface area contributed by atoms with Crippen LogP contribution in [-0.4, -0.2) is 33.5 Å². The first-order chi connectivity index (χ1) is 12.6. The number of esters is 1. The van der Waals surface area contributed by atoms with E-state index in [0.717, 1.165) is 12.0 Å². The highest BCUT2D eigenvalue weighted by atomic mass is 16.6. The molecule has 6 atom stereocenters. The van der Waals surface area contributed by atoms with Crippen molar-refractivity contribution in [1.82, 2.24) is 0 Å². The van der Waals surface area contributed by atoms with E-state index in [4.69, 9.17) is 4.74 Å². The SMILES string of the molecule is CC(C)=CC(C)(C(=O)OC12CC(C)CC(O)CC(O)(CC(C)C1)C2)C(C)(C)C. The lowest BCUT2D eigenvalue weighted by Gasteiger charge is -2.52. The van der Waals surface area contributed by atoms with E-state index in [0.29, 0.717) is 32.1 Å². The summed E-state index contributed by atoms with van der Waals surface area (Å²) in [6.07, 6.45) is 5.08. The largest absolute Gasteiger partial charge is 0.458 e. The summed E-state index contributed by atoms with van der Waals surface area (Å²) in [4.78, 5) is 13.6. The van der Waals surface area contributed by atoms with Crippen LogP contribution < -0.4 is 0 Å². The first-order valence-electron chi connectivity index (χ1n) is 10.9. The Hall–Kier alpha value is -0.870. The molecule has 4 nitrogen and oxygen atoms in total. The topological polar surface area (TPSA) is 66.8 Å². The highest BCUT2D eigenvalue weighted by Gasteiger charge is 2.54. The van der Waals surface area contributed by atoms with E-state index in [1.165, 1.54) is 0 Å². The smallest absolute Gasteiger partial charge is 0.316 e. The molecule has 0 amide bonds. The molecule has 2 rings (SSSR count). The van der Waals surface area contributed by atoms with Gasteiger partial charge in [-0.1, -0.05) is 46.3 Å². The third kappa shape index (κ3) is 4.99. The van der Waals surface area contributed by atoms with Crippen molar-refractivity contribution in [3.8, 4) is 0 Å². The number of rotatable bonds is 3. The molecule has 0 aromatic carbocycles. The number of allylic oxidation sites excluding steroid dienone is 1. The second-order valence-corrected chi connectivity index (χ2v) is 11.6. The predicted octanol–water partition coefficient (Wildman–Crippen LogP) is 5.02. The molecule has 2 N–H and O–H groups in total. The third-order valence-corrected chi connectivity index (χ3v) is 6.98.